The summed E-state index contributed by atoms with van der Waals surface area (Å²) < 4.78 is 56.0. The number of hydrogen-bond donors (Lipinski definition) is 0. The van der Waals surface area contributed by atoms with Crippen molar-refractivity contribution < 1.29 is 17.2 Å². The molecule has 0 radical (unpaired) electrons. The van der Waals surface area contributed by atoms with Gasteiger partial charge in [0.15, 0.2) is 4.90 Å². The summed E-state index contributed by atoms with van der Waals surface area (Å²) in [6.45, 7) is 0.219. The normalized spacial score (nSPS) is 18.9. The third kappa shape index (κ3) is 2.74. The number of hydrogen-bond acceptors (Lipinski definition) is 4. The van der Waals surface area contributed by atoms with E-state index in [1.807, 2.05) is 24.3 Å². The molecule has 0 N–H and O–H groups in total. The maximum absolute atomic E-state index is 14.0. The Morgan fingerprint density at radius 2 is 1.80 bits per heavy atom. The van der Waals surface area contributed by atoms with Crippen molar-refractivity contribution in [2.75, 3.05) is 6.54 Å². The van der Waals surface area contributed by atoms with Gasteiger partial charge >= 0.3 is 0 Å². The minimum Gasteiger partial charge on any atom is -0.239 e. The van der Waals surface area contributed by atoms with Gasteiger partial charge in [-0.25, -0.2) is 22.2 Å². The van der Waals surface area contributed by atoms with Crippen molar-refractivity contribution in [2.24, 2.45) is 0 Å². The number of sulfonamides is 1. The monoisotopic (exact) mass is 380 g/mol. The second kappa shape index (κ2) is 6.12. The van der Waals surface area contributed by atoms with Gasteiger partial charge in [0.25, 0.3) is 0 Å². The van der Waals surface area contributed by atoms with E-state index in [4.69, 9.17) is 0 Å². The van der Waals surface area contributed by atoms with E-state index >= 15 is 0 Å². The predicted molar refractivity (Wildman–Crippen MR) is 91.8 cm³/mol. The van der Waals surface area contributed by atoms with E-state index in [9.17, 15) is 17.2 Å². The Hall–Kier alpha value is -1.90. The molecule has 1 fully saturated rings. The van der Waals surface area contributed by atoms with Crippen molar-refractivity contribution in [2.45, 2.75) is 23.8 Å². The van der Waals surface area contributed by atoms with Crippen molar-refractivity contribution in [1.29, 1.82) is 0 Å². The molecule has 3 aromatic rings. The molecular formula is C17H14F2N2O2S2. The first-order chi connectivity index (χ1) is 12.0. The van der Waals surface area contributed by atoms with Crippen molar-refractivity contribution in [3.8, 4) is 0 Å². The number of thiazole rings is 1. The molecule has 4 rings (SSSR count). The highest BCUT2D eigenvalue weighted by Crippen LogP contribution is 2.40. The Morgan fingerprint density at radius 1 is 1.08 bits per heavy atom. The molecule has 1 aliphatic heterocycles. The minimum atomic E-state index is -4.28. The van der Waals surface area contributed by atoms with Crippen molar-refractivity contribution in [3.63, 3.8) is 0 Å². The zero-order chi connectivity index (χ0) is 17.6. The second-order valence-corrected chi connectivity index (χ2v) is 8.73. The summed E-state index contributed by atoms with van der Waals surface area (Å²) >= 11 is 1.41. The Bertz CT molecular complexity index is 996. The lowest BCUT2D eigenvalue weighted by atomic mass is 10.2. The fourth-order valence-electron chi connectivity index (χ4n) is 3.15. The first kappa shape index (κ1) is 16.6. The Balaban J connectivity index is 1.78. The third-order valence-electron chi connectivity index (χ3n) is 4.28. The first-order valence-corrected chi connectivity index (χ1v) is 10.1. The number of para-hydroxylation sites is 1. The molecule has 0 bridgehead atoms. The molecule has 4 nitrogen and oxygen atoms in total. The number of benzene rings is 2. The third-order valence-corrected chi connectivity index (χ3v) is 7.38. The Labute approximate surface area is 147 Å². The molecule has 2 aromatic carbocycles. The predicted octanol–water partition coefficient (Wildman–Crippen LogP) is 4.10. The molecule has 1 aliphatic rings. The number of fused-ring (bicyclic) bond motifs is 1. The molecule has 130 valence electrons. The molecule has 8 heteroatoms. The molecular weight excluding hydrogens is 366 g/mol. The molecule has 25 heavy (non-hydrogen) atoms. The highest BCUT2D eigenvalue weighted by Gasteiger charge is 2.40. The average Bonchev–Trinajstić information content (AvgIpc) is 3.21. The fourth-order valence-corrected chi connectivity index (χ4v) is 6.11. The topological polar surface area (TPSA) is 50.3 Å². The maximum Gasteiger partial charge on any atom is 0.249 e. The molecule has 0 amide bonds. The van der Waals surface area contributed by atoms with Crippen LogP contribution in [0.3, 0.4) is 0 Å². The quantitative estimate of drug-likeness (QED) is 0.687. The van der Waals surface area contributed by atoms with Crippen LogP contribution in [-0.4, -0.2) is 24.3 Å². The SMILES string of the molecule is O=S(=O)(c1c(F)cccc1F)N1CCC[C@@H]1c1nc2ccccc2s1. The zero-order valence-corrected chi connectivity index (χ0v) is 14.7. The number of rotatable bonds is 3. The lowest BCUT2D eigenvalue weighted by molar-refractivity contribution is 0.388. The molecule has 0 saturated carbocycles. The summed E-state index contributed by atoms with van der Waals surface area (Å²) in [5.74, 6) is -2.15. The van der Waals surface area contributed by atoms with Gasteiger partial charge in [0.05, 0.1) is 16.3 Å². The van der Waals surface area contributed by atoms with Crippen molar-refractivity contribution in [3.05, 3.63) is 59.1 Å². The summed E-state index contributed by atoms with van der Waals surface area (Å²) in [6.07, 6.45) is 1.20. The Kier molecular flexibility index (Phi) is 4.05. The highest BCUT2D eigenvalue weighted by atomic mass is 32.2. The fraction of sp³-hybridized carbons (Fsp3) is 0.235. The smallest absolute Gasteiger partial charge is 0.239 e. The highest BCUT2D eigenvalue weighted by molar-refractivity contribution is 7.89. The van der Waals surface area contributed by atoms with E-state index < -0.39 is 32.6 Å². The standard InChI is InChI=1S/C17H14F2N2O2S2/c18-11-5-3-6-12(19)16(11)25(22,23)21-10-4-8-14(21)17-20-13-7-1-2-9-15(13)24-17/h1-3,5-7,9,14H,4,8,10H2/t14-/m1/s1. The molecule has 1 atom stereocenters. The van der Waals surface area contributed by atoms with Crippen LogP contribution < -0.4 is 0 Å². The maximum atomic E-state index is 14.0. The van der Waals surface area contributed by atoms with Gasteiger partial charge in [0.2, 0.25) is 10.0 Å². The van der Waals surface area contributed by atoms with Gasteiger partial charge in [-0.15, -0.1) is 11.3 Å². The van der Waals surface area contributed by atoms with E-state index in [-0.39, 0.29) is 6.54 Å². The van der Waals surface area contributed by atoms with Crippen LogP contribution in [0.2, 0.25) is 0 Å². The number of nitrogens with zero attached hydrogens (tertiary/aromatic N) is 2. The average molecular weight is 380 g/mol. The van der Waals surface area contributed by atoms with Gasteiger partial charge in [-0.2, -0.15) is 4.31 Å². The van der Waals surface area contributed by atoms with E-state index in [0.717, 1.165) is 28.4 Å². The van der Waals surface area contributed by atoms with Gasteiger partial charge in [0.1, 0.15) is 16.6 Å². The van der Waals surface area contributed by atoms with E-state index in [1.54, 1.807) is 0 Å². The van der Waals surface area contributed by atoms with Crippen LogP contribution in [0, 0.1) is 11.6 Å². The summed E-state index contributed by atoms with van der Waals surface area (Å²) in [5, 5.41) is 0.652. The second-order valence-electron chi connectivity index (χ2n) is 5.84. The largest absolute Gasteiger partial charge is 0.249 e. The van der Waals surface area contributed by atoms with Gasteiger partial charge in [0, 0.05) is 6.54 Å². The van der Waals surface area contributed by atoms with Gasteiger partial charge < -0.3 is 0 Å². The molecule has 1 saturated heterocycles. The minimum absolute atomic E-state index is 0.219. The van der Waals surface area contributed by atoms with Gasteiger partial charge in [-0.05, 0) is 37.1 Å². The lowest BCUT2D eigenvalue weighted by Gasteiger charge is -2.23. The molecule has 0 unspecified atom stereocenters. The van der Waals surface area contributed by atoms with Crippen LogP contribution in [0.1, 0.15) is 23.9 Å². The van der Waals surface area contributed by atoms with E-state index in [2.05, 4.69) is 4.98 Å². The molecule has 0 spiro atoms. The van der Waals surface area contributed by atoms with Crippen molar-refractivity contribution in [1.82, 2.24) is 9.29 Å². The summed E-state index contributed by atoms with van der Waals surface area (Å²) in [4.78, 5) is 3.64. The van der Waals surface area contributed by atoms with Crippen LogP contribution in [0.15, 0.2) is 47.4 Å². The van der Waals surface area contributed by atoms with Crippen molar-refractivity contribution >= 4 is 31.6 Å². The van der Waals surface area contributed by atoms with E-state index in [1.165, 1.54) is 15.6 Å². The molecule has 1 aromatic heterocycles. The van der Waals surface area contributed by atoms with Crippen LogP contribution in [0.4, 0.5) is 8.78 Å². The van der Waals surface area contributed by atoms with Gasteiger partial charge in [-0.1, -0.05) is 18.2 Å². The first-order valence-electron chi connectivity index (χ1n) is 7.80. The molecule has 2 heterocycles. The van der Waals surface area contributed by atoms with Crippen LogP contribution >= 0.6 is 11.3 Å². The molecule has 0 aliphatic carbocycles. The summed E-state index contributed by atoms with van der Waals surface area (Å²) in [6, 6.07) is 10.1. The van der Waals surface area contributed by atoms with Gasteiger partial charge in [-0.3, -0.25) is 0 Å². The van der Waals surface area contributed by atoms with Crippen LogP contribution in [0.5, 0.6) is 0 Å². The van der Waals surface area contributed by atoms with Crippen LogP contribution in [-0.2, 0) is 10.0 Å². The lowest BCUT2D eigenvalue weighted by Crippen LogP contribution is -2.32. The summed E-state index contributed by atoms with van der Waals surface area (Å²) in [5.41, 5.74) is 0.795. The van der Waals surface area contributed by atoms with E-state index in [0.29, 0.717) is 17.8 Å². The number of aromatic nitrogens is 1. The zero-order valence-electron chi connectivity index (χ0n) is 13.0. The number of halogens is 2. The van der Waals surface area contributed by atoms with Crippen LogP contribution in [0.25, 0.3) is 10.2 Å². The summed E-state index contributed by atoms with van der Waals surface area (Å²) in [7, 11) is -4.28. The Morgan fingerprint density at radius 3 is 2.52 bits per heavy atom.